The zero-order chi connectivity index (χ0) is 20.3. The van der Waals surface area contributed by atoms with Crippen LogP contribution in [-0.2, 0) is 23.5 Å². The first-order valence-electron chi connectivity index (χ1n) is 9.68. The zero-order valence-corrected chi connectivity index (χ0v) is 17.7. The van der Waals surface area contributed by atoms with Crippen molar-refractivity contribution in [1.82, 2.24) is 13.8 Å². The fourth-order valence-electron chi connectivity index (χ4n) is 3.61. The maximum atomic E-state index is 12.7. The molecule has 6 nitrogen and oxygen atoms in total. The molecule has 0 bridgehead atoms. The van der Waals surface area contributed by atoms with Gasteiger partial charge in [0.2, 0.25) is 10.0 Å². The normalized spacial score (nSPS) is 16.4. The number of sulfonamides is 1. The average Bonchev–Trinajstić information content (AvgIpc) is 2.95. The summed E-state index contributed by atoms with van der Waals surface area (Å²) in [6.45, 7) is 6.33. The Morgan fingerprint density at radius 2 is 1.68 bits per heavy atom. The molecule has 152 valence electrons. The van der Waals surface area contributed by atoms with Crippen LogP contribution in [0.5, 0.6) is 0 Å². The lowest BCUT2D eigenvalue weighted by atomic mass is 10.1. The van der Waals surface area contributed by atoms with Gasteiger partial charge in [0.15, 0.2) is 5.78 Å². The number of carbonyl (C=O) groups is 1. The molecule has 0 unspecified atom stereocenters. The highest BCUT2D eigenvalue weighted by atomic mass is 32.2. The zero-order valence-electron chi connectivity index (χ0n) is 16.9. The van der Waals surface area contributed by atoms with Crippen LogP contribution in [0.1, 0.15) is 27.3 Å². The van der Waals surface area contributed by atoms with E-state index >= 15 is 0 Å². The highest BCUT2D eigenvalue weighted by Gasteiger charge is 2.28. The quantitative estimate of drug-likeness (QED) is 0.664. The lowest BCUT2D eigenvalue weighted by Gasteiger charge is -2.33. The van der Waals surface area contributed by atoms with Crippen molar-refractivity contribution < 1.29 is 13.2 Å². The molecule has 1 aliphatic heterocycles. The smallest absolute Gasteiger partial charge is 0.214 e. The monoisotopic (exact) mass is 403 g/mol. The van der Waals surface area contributed by atoms with Crippen molar-refractivity contribution in [3.63, 3.8) is 0 Å². The van der Waals surface area contributed by atoms with Crippen molar-refractivity contribution in [2.24, 2.45) is 7.05 Å². The SMILES string of the molecule is Cc1cc(C(=O)CN2CCN(S(=O)(=O)CCc3ccccc3)CC2)c(C)n1C. The van der Waals surface area contributed by atoms with Crippen LogP contribution in [0.4, 0.5) is 0 Å². The largest absolute Gasteiger partial charge is 0.351 e. The van der Waals surface area contributed by atoms with E-state index in [1.54, 1.807) is 4.31 Å². The molecule has 1 saturated heterocycles. The van der Waals surface area contributed by atoms with E-state index in [-0.39, 0.29) is 11.5 Å². The summed E-state index contributed by atoms with van der Waals surface area (Å²) in [7, 11) is -1.32. The van der Waals surface area contributed by atoms with Crippen LogP contribution in [-0.4, -0.2) is 66.4 Å². The minimum atomic E-state index is -3.28. The number of nitrogens with zero attached hydrogens (tertiary/aromatic N) is 3. The molecule has 1 aromatic carbocycles. The highest BCUT2D eigenvalue weighted by molar-refractivity contribution is 7.89. The van der Waals surface area contributed by atoms with Gasteiger partial charge in [-0.1, -0.05) is 30.3 Å². The Kier molecular flexibility index (Phi) is 6.37. The molecule has 1 aliphatic rings. The van der Waals surface area contributed by atoms with Gasteiger partial charge in [0.25, 0.3) is 0 Å². The van der Waals surface area contributed by atoms with Crippen LogP contribution >= 0.6 is 0 Å². The van der Waals surface area contributed by atoms with Crippen molar-refractivity contribution in [2.45, 2.75) is 20.3 Å². The first-order chi connectivity index (χ1) is 13.3. The van der Waals surface area contributed by atoms with Gasteiger partial charge in [-0.05, 0) is 31.9 Å². The molecule has 7 heteroatoms. The number of rotatable bonds is 7. The van der Waals surface area contributed by atoms with Gasteiger partial charge in [-0.3, -0.25) is 9.69 Å². The fraction of sp³-hybridized carbons (Fsp3) is 0.476. The van der Waals surface area contributed by atoms with Gasteiger partial charge in [0, 0.05) is 50.2 Å². The Balaban J connectivity index is 1.52. The molecule has 2 heterocycles. The van der Waals surface area contributed by atoms with E-state index in [4.69, 9.17) is 0 Å². The third kappa shape index (κ3) is 4.71. The van der Waals surface area contributed by atoms with E-state index < -0.39 is 10.0 Å². The van der Waals surface area contributed by atoms with E-state index in [1.807, 2.05) is 66.8 Å². The maximum absolute atomic E-state index is 12.7. The molecular formula is C21H29N3O3S. The van der Waals surface area contributed by atoms with Crippen molar-refractivity contribution in [1.29, 1.82) is 0 Å². The van der Waals surface area contributed by atoms with E-state index in [9.17, 15) is 13.2 Å². The highest BCUT2D eigenvalue weighted by Crippen LogP contribution is 2.16. The molecule has 1 aromatic heterocycles. The van der Waals surface area contributed by atoms with Gasteiger partial charge in [0.1, 0.15) is 0 Å². The molecule has 0 saturated carbocycles. The van der Waals surface area contributed by atoms with Crippen LogP contribution in [0.25, 0.3) is 0 Å². The van der Waals surface area contributed by atoms with Gasteiger partial charge in [0.05, 0.1) is 12.3 Å². The van der Waals surface area contributed by atoms with E-state index in [0.717, 1.165) is 22.5 Å². The van der Waals surface area contributed by atoms with Crippen molar-refractivity contribution in [3.8, 4) is 0 Å². The van der Waals surface area contributed by atoms with Gasteiger partial charge < -0.3 is 4.57 Å². The summed E-state index contributed by atoms with van der Waals surface area (Å²) in [4.78, 5) is 14.7. The molecular weight excluding hydrogens is 374 g/mol. The molecule has 0 amide bonds. The standard InChI is InChI=1S/C21H29N3O3S/c1-17-15-20(18(2)22(17)3)21(25)16-23-10-12-24(13-11-23)28(26,27)14-9-19-7-5-4-6-8-19/h4-8,15H,9-14,16H2,1-3H3. The Morgan fingerprint density at radius 1 is 1.04 bits per heavy atom. The van der Waals surface area contributed by atoms with E-state index in [0.29, 0.717) is 39.1 Å². The molecule has 1 fully saturated rings. The van der Waals surface area contributed by atoms with Gasteiger partial charge in [-0.2, -0.15) is 4.31 Å². The third-order valence-electron chi connectivity index (χ3n) is 5.66. The van der Waals surface area contributed by atoms with Crippen LogP contribution in [0, 0.1) is 13.8 Å². The Labute approximate surface area is 167 Å². The summed E-state index contributed by atoms with van der Waals surface area (Å²) in [5.74, 6) is 0.222. The van der Waals surface area contributed by atoms with Crippen LogP contribution in [0.3, 0.4) is 0 Å². The second-order valence-electron chi connectivity index (χ2n) is 7.49. The van der Waals surface area contributed by atoms with Crippen molar-refractivity contribution in [2.75, 3.05) is 38.5 Å². The summed E-state index contributed by atoms with van der Waals surface area (Å²) in [6.07, 6.45) is 0.522. The Hall–Kier alpha value is -1.96. The summed E-state index contributed by atoms with van der Waals surface area (Å²) >= 11 is 0. The first kappa shape index (κ1) is 20.8. The molecule has 0 N–H and O–H groups in total. The lowest BCUT2D eigenvalue weighted by molar-refractivity contribution is 0.0901. The minimum Gasteiger partial charge on any atom is -0.351 e. The molecule has 3 rings (SSSR count). The molecule has 0 spiro atoms. The Morgan fingerprint density at radius 3 is 2.25 bits per heavy atom. The van der Waals surface area contributed by atoms with Crippen molar-refractivity contribution in [3.05, 3.63) is 58.9 Å². The predicted molar refractivity (Wildman–Crippen MR) is 111 cm³/mol. The summed E-state index contributed by atoms with van der Waals surface area (Å²) in [5, 5.41) is 0. The van der Waals surface area contributed by atoms with Gasteiger partial charge >= 0.3 is 0 Å². The second kappa shape index (κ2) is 8.59. The average molecular weight is 404 g/mol. The number of carbonyl (C=O) groups excluding carboxylic acids is 1. The number of benzene rings is 1. The number of Topliss-reactive ketones (excluding diaryl/α,β-unsaturated/α-hetero) is 1. The number of aryl methyl sites for hydroxylation is 2. The summed E-state index contributed by atoms with van der Waals surface area (Å²) < 4.78 is 28.8. The summed E-state index contributed by atoms with van der Waals surface area (Å²) in [5.41, 5.74) is 3.83. The third-order valence-corrected chi connectivity index (χ3v) is 7.53. The lowest BCUT2D eigenvalue weighted by Crippen LogP contribution is -2.50. The van der Waals surface area contributed by atoms with Crippen molar-refractivity contribution >= 4 is 15.8 Å². The number of hydrogen-bond donors (Lipinski definition) is 0. The first-order valence-corrected chi connectivity index (χ1v) is 11.3. The molecule has 0 atom stereocenters. The molecule has 0 aliphatic carbocycles. The molecule has 0 radical (unpaired) electrons. The number of hydrogen-bond acceptors (Lipinski definition) is 4. The maximum Gasteiger partial charge on any atom is 0.214 e. The molecule has 28 heavy (non-hydrogen) atoms. The van der Waals surface area contributed by atoms with Crippen LogP contribution < -0.4 is 0 Å². The van der Waals surface area contributed by atoms with E-state index in [1.165, 1.54) is 0 Å². The van der Waals surface area contributed by atoms with Crippen LogP contribution in [0.15, 0.2) is 36.4 Å². The second-order valence-corrected chi connectivity index (χ2v) is 9.58. The number of piperazine rings is 1. The van der Waals surface area contributed by atoms with Gasteiger partial charge in [-0.15, -0.1) is 0 Å². The number of ketones is 1. The minimum absolute atomic E-state index is 0.0987. The van der Waals surface area contributed by atoms with Crippen LogP contribution in [0.2, 0.25) is 0 Å². The fourth-order valence-corrected chi connectivity index (χ4v) is 5.08. The summed E-state index contributed by atoms with van der Waals surface area (Å²) in [6, 6.07) is 11.6. The van der Waals surface area contributed by atoms with E-state index in [2.05, 4.69) is 0 Å². The Bertz CT molecular complexity index is 927. The predicted octanol–water partition coefficient (Wildman–Crippen LogP) is 2.01. The number of aromatic nitrogens is 1. The van der Waals surface area contributed by atoms with Gasteiger partial charge in [-0.25, -0.2) is 8.42 Å². The topological polar surface area (TPSA) is 62.6 Å². The molecule has 2 aromatic rings.